The third kappa shape index (κ3) is 3.81. The van der Waals surface area contributed by atoms with Crippen molar-refractivity contribution in [3.05, 3.63) is 17.5 Å². The van der Waals surface area contributed by atoms with Crippen LogP contribution in [0.1, 0.15) is 32.2 Å². The van der Waals surface area contributed by atoms with Crippen molar-refractivity contribution in [3.63, 3.8) is 0 Å². The van der Waals surface area contributed by atoms with Gasteiger partial charge in [0.15, 0.2) is 0 Å². The Morgan fingerprint density at radius 2 is 2.25 bits per heavy atom. The van der Waals surface area contributed by atoms with Crippen LogP contribution in [0.25, 0.3) is 0 Å². The van der Waals surface area contributed by atoms with Crippen molar-refractivity contribution < 1.29 is 4.74 Å². The van der Waals surface area contributed by atoms with Gasteiger partial charge in [-0.25, -0.2) is 0 Å². The SMILES string of the molecule is CCNCC1COCCN1Cc1cc(CC)nn1CC. The average molecular weight is 280 g/mol. The Labute approximate surface area is 122 Å². The zero-order valence-corrected chi connectivity index (χ0v) is 13.1. The van der Waals surface area contributed by atoms with Crippen molar-refractivity contribution in [2.75, 3.05) is 32.8 Å². The molecule has 114 valence electrons. The van der Waals surface area contributed by atoms with E-state index in [-0.39, 0.29) is 0 Å². The van der Waals surface area contributed by atoms with Crippen LogP contribution in [-0.4, -0.2) is 53.6 Å². The van der Waals surface area contributed by atoms with E-state index in [1.165, 1.54) is 11.4 Å². The minimum absolute atomic E-state index is 0.467. The summed E-state index contributed by atoms with van der Waals surface area (Å²) in [7, 11) is 0. The van der Waals surface area contributed by atoms with Crippen LogP contribution in [0.15, 0.2) is 6.07 Å². The number of aryl methyl sites for hydroxylation is 2. The van der Waals surface area contributed by atoms with Gasteiger partial charge in [-0.3, -0.25) is 9.58 Å². The second-order valence-corrected chi connectivity index (χ2v) is 5.30. The van der Waals surface area contributed by atoms with Gasteiger partial charge in [0.1, 0.15) is 0 Å². The van der Waals surface area contributed by atoms with Gasteiger partial charge in [-0.2, -0.15) is 5.10 Å². The molecule has 5 heteroatoms. The maximum absolute atomic E-state index is 5.63. The van der Waals surface area contributed by atoms with Crippen molar-refractivity contribution >= 4 is 0 Å². The summed E-state index contributed by atoms with van der Waals surface area (Å²) >= 11 is 0. The van der Waals surface area contributed by atoms with Gasteiger partial charge in [-0.1, -0.05) is 13.8 Å². The summed E-state index contributed by atoms with van der Waals surface area (Å²) in [6.45, 7) is 13.1. The lowest BCUT2D eigenvalue weighted by Gasteiger charge is -2.35. The molecule has 1 saturated heterocycles. The highest BCUT2D eigenvalue weighted by molar-refractivity contribution is 5.11. The maximum Gasteiger partial charge on any atom is 0.0635 e. The standard InChI is InChI=1S/C15H28N4O/c1-4-13-9-14(19(6-3)17-13)11-18-7-8-20-12-15(18)10-16-5-2/h9,15-16H,4-8,10-12H2,1-3H3. The van der Waals surface area contributed by atoms with Crippen LogP contribution in [0.3, 0.4) is 0 Å². The monoisotopic (exact) mass is 280 g/mol. The number of likely N-dealkylation sites (N-methyl/N-ethyl adjacent to an activating group) is 1. The number of nitrogens with zero attached hydrogens (tertiary/aromatic N) is 3. The lowest BCUT2D eigenvalue weighted by atomic mass is 10.2. The topological polar surface area (TPSA) is 42.3 Å². The Bertz CT molecular complexity index is 405. The maximum atomic E-state index is 5.63. The highest BCUT2D eigenvalue weighted by Gasteiger charge is 2.23. The van der Waals surface area contributed by atoms with Crippen LogP contribution in [0.4, 0.5) is 0 Å². The minimum Gasteiger partial charge on any atom is -0.378 e. The van der Waals surface area contributed by atoms with E-state index in [2.05, 4.69) is 46.8 Å². The van der Waals surface area contributed by atoms with Crippen LogP contribution in [0.2, 0.25) is 0 Å². The average Bonchev–Trinajstić information content (AvgIpc) is 2.88. The van der Waals surface area contributed by atoms with Crippen molar-refractivity contribution in [1.82, 2.24) is 20.0 Å². The van der Waals surface area contributed by atoms with Gasteiger partial charge in [0.25, 0.3) is 0 Å². The van der Waals surface area contributed by atoms with Gasteiger partial charge in [0.2, 0.25) is 0 Å². The van der Waals surface area contributed by atoms with Crippen LogP contribution in [0, 0.1) is 0 Å². The van der Waals surface area contributed by atoms with Gasteiger partial charge in [0.05, 0.1) is 24.6 Å². The molecule has 5 nitrogen and oxygen atoms in total. The fourth-order valence-electron chi connectivity index (χ4n) is 2.69. The van der Waals surface area contributed by atoms with Crippen LogP contribution < -0.4 is 5.32 Å². The Morgan fingerprint density at radius 1 is 1.40 bits per heavy atom. The predicted molar refractivity (Wildman–Crippen MR) is 80.8 cm³/mol. The van der Waals surface area contributed by atoms with Crippen LogP contribution in [-0.2, 0) is 24.2 Å². The van der Waals surface area contributed by atoms with Crippen LogP contribution >= 0.6 is 0 Å². The second kappa shape index (κ2) is 7.76. The van der Waals surface area contributed by atoms with E-state index >= 15 is 0 Å². The van der Waals surface area contributed by atoms with E-state index in [0.717, 1.165) is 52.4 Å². The van der Waals surface area contributed by atoms with E-state index in [0.29, 0.717) is 6.04 Å². The quantitative estimate of drug-likeness (QED) is 0.817. The van der Waals surface area contributed by atoms with E-state index in [1.54, 1.807) is 0 Å². The lowest BCUT2D eigenvalue weighted by Crippen LogP contribution is -2.50. The summed E-state index contributed by atoms with van der Waals surface area (Å²) < 4.78 is 7.76. The number of nitrogens with one attached hydrogen (secondary N) is 1. The number of hydrogen-bond acceptors (Lipinski definition) is 4. The van der Waals surface area contributed by atoms with Gasteiger partial charge in [-0.15, -0.1) is 0 Å². The summed E-state index contributed by atoms with van der Waals surface area (Å²) in [6, 6.07) is 2.72. The molecule has 1 aromatic heterocycles. The van der Waals surface area contributed by atoms with Crippen LogP contribution in [0.5, 0.6) is 0 Å². The zero-order valence-electron chi connectivity index (χ0n) is 13.1. The first kappa shape index (κ1) is 15.5. The molecule has 0 bridgehead atoms. The minimum atomic E-state index is 0.467. The van der Waals surface area contributed by atoms with E-state index in [1.807, 2.05) is 0 Å². The molecule has 2 heterocycles. The molecule has 0 spiro atoms. The molecule has 1 N–H and O–H groups in total. The summed E-state index contributed by atoms with van der Waals surface area (Å²) in [5, 5.41) is 8.08. The normalized spacial score (nSPS) is 20.4. The summed E-state index contributed by atoms with van der Waals surface area (Å²) in [4.78, 5) is 2.52. The summed E-state index contributed by atoms with van der Waals surface area (Å²) in [5.41, 5.74) is 2.52. The Kier molecular flexibility index (Phi) is 6.01. The molecule has 1 unspecified atom stereocenters. The smallest absolute Gasteiger partial charge is 0.0635 e. The van der Waals surface area contributed by atoms with E-state index < -0.39 is 0 Å². The number of rotatable bonds is 7. The fourth-order valence-corrected chi connectivity index (χ4v) is 2.69. The Balaban J connectivity index is 2.03. The van der Waals surface area contributed by atoms with Gasteiger partial charge < -0.3 is 10.1 Å². The van der Waals surface area contributed by atoms with Crippen molar-refractivity contribution in [2.45, 2.75) is 46.3 Å². The third-order valence-electron chi connectivity index (χ3n) is 3.92. The first-order valence-corrected chi connectivity index (χ1v) is 7.86. The van der Waals surface area contributed by atoms with Crippen molar-refractivity contribution in [3.8, 4) is 0 Å². The highest BCUT2D eigenvalue weighted by Crippen LogP contribution is 2.14. The number of ether oxygens (including phenoxy) is 1. The Morgan fingerprint density at radius 3 is 2.95 bits per heavy atom. The number of morpholine rings is 1. The Hall–Kier alpha value is -0.910. The first-order chi connectivity index (χ1) is 9.78. The second-order valence-electron chi connectivity index (χ2n) is 5.30. The van der Waals surface area contributed by atoms with E-state index in [9.17, 15) is 0 Å². The van der Waals surface area contributed by atoms with Crippen molar-refractivity contribution in [2.24, 2.45) is 0 Å². The molecule has 1 aromatic rings. The van der Waals surface area contributed by atoms with Crippen molar-refractivity contribution in [1.29, 1.82) is 0 Å². The predicted octanol–water partition coefficient (Wildman–Crippen LogP) is 1.28. The van der Waals surface area contributed by atoms with E-state index in [4.69, 9.17) is 4.74 Å². The molecule has 1 fully saturated rings. The molecular formula is C15H28N4O. The molecule has 0 aliphatic carbocycles. The molecule has 0 aromatic carbocycles. The molecule has 1 aliphatic rings. The third-order valence-corrected chi connectivity index (χ3v) is 3.92. The molecule has 0 amide bonds. The van der Waals surface area contributed by atoms with Gasteiger partial charge >= 0.3 is 0 Å². The summed E-state index contributed by atoms with van der Waals surface area (Å²) in [6.07, 6.45) is 1.00. The summed E-state index contributed by atoms with van der Waals surface area (Å²) in [5.74, 6) is 0. The molecule has 20 heavy (non-hydrogen) atoms. The first-order valence-electron chi connectivity index (χ1n) is 7.86. The molecule has 1 aliphatic heterocycles. The van der Waals surface area contributed by atoms with Gasteiger partial charge in [-0.05, 0) is 26.0 Å². The molecular weight excluding hydrogens is 252 g/mol. The highest BCUT2D eigenvalue weighted by atomic mass is 16.5. The zero-order chi connectivity index (χ0) is 14.4. The fraction of sp³-hybridized carbons (Fsp3) is 0.800. The molecule has 0 saturated carbocycles. The number of aromatic nitrogens is 2. The largest absolute Gasteiger partial charge is 0.378 e. The molecule has 2 rings (SSSR count). The lowest BCUT2D eigenvalue weighted by molar-refractivity contribution is -0.0118. The van der Waals surface area contributed by atoms with Gasteiger partial charge in [0, 0.05) is 32.2 Å². The molecule has 1 atom stereocenters. The molecule has 0 radical (unpaired) electrons. The number of hydrogen-bond donors (Lipinski definition) is 1.